The summed E-state index contributed by atoms with van der Waals surface area (Å²) in [5.74, 6) is -0.133. The van der Waals surface area contributed by atoms with Gasteiger partial charge in [0.2, 0.25) is 0 Å². The van der Waals surface area contributed by atoms with Gasteiger partial charge in [-0.1, -0.05) is 42.2 Å². The van der Waals surface area contributed by atoms with Gasteiger partial charge in [0, 0.05) is 11.6 Å². The number of thioether (sulfide) groups is 1. The molecule has 0 unspecified atom stereocenters. The Morgan fingerprint density at radius 3 is 2.89 bits per heavy atom. The minimum Gasteiger partial charge on any atom is -0.307 e. The predicted octanol–water partition coefficient (Wildman–Crippen LogP) is 2.72. The summed E-state index contributed by atoms with van der Waals surface area (Å²) in [6.07, 6.45) is 3.59. The molecule has 1 aliphatic rings. The molecule has 1 amide bonds. The number of carbonyl (C=O) groups excluding carboxylic acids is 1. The molecule has 0 bridgehead atoms. The maximum absolute atomic E-state index is 11.6. The highest BCUT2D eigenvalue weighted by Gasteiger charge is 2.22. The van der Waals surface area contributed by atoms with E-state index in [2.05, 4.69) is 10.3 Å². The molecule has 0 spiro atoms. The highest BCUT2D eigenvalue weighted by atomic mass is 32.2. The Balaban J connectivity index is 2.13. The first-order valence-corrected chi connectivity index (χ1v) is 6.55. The lowest BCUT2D eigenvalue weighted by Crippen LogP contribution is -2.17. The molecule has 2 heterocycles. The second-order valence-electron chi connectivity index (χ2n) is 3.77. The van der Waals surface area contributed by atoms with Crippen LogP contribution in [0.3, 0.4) is 0 Å². The van der Waals surface area contributed by atoms with Gasteiger partial charge in [0.1, 0.15) is 4.32 Å². The minimum atomic E-state index is -0.133. The van der Waals surface area contributed by atoms with Gasteiger partial charge < -0.3 is 5.32 Å². The van der Waals surface area contributed by atoms with Gasteiger partial charge in [-0.05, 0) is 23.8 Å². The molecule has 1 aromatic heterocycles. The standard InChI is InChI=1S/C13H8N2OS2/c16-12-11(18-13(17)15-12)7-8-5-6-14-10-4-2-1-3-9(8)10/h1-7H,(H,15,16,17). The zero-order valence-electron chi connectivity index (χ0n) is 9.21. The van der Waals surface area contributed by atoms with Crippen LogP contribution in [0.15, 0.2) is 41.4 Å². The number of carbonyl (C=O) groups is 1. The van der Waals surface area contributed by atoms with Crippen molar-refractivity contribution < 1.29 is 4.79 Å². The molecule has 1 saturated heterocycles. The molecule has 5 heteroatoms. The number of nitrogens with one attached hydrogen (secondary N) is 1. The van der Waals surface area contributed by atoms with Crippen LogP contribution < -0.4 is 5.32 Å². The molecule has 18 heavy (non-hydrogen) atoms. The number of hydrogen-bond acceptors (Lipinski definition) is 4. The molecule has 0 aliphatic carbocycles. The average molecular weight is 272 g/mol. The van der Waals surface area contributed by atoms with Crippen LogP contribution in [-0.2, 0) is 4.79 Å². The SMILES string of the molecule is O=C1NC(=S)SC1=Cc1ccnc2ccccc12. The van der Waals surface area contributed by atoms with Gasteiger partial charge in [0.05, 0.1) is 10.4 Å². The minimum absolute atomic E-state index is 0.133. The molecule has 0 saturated carbocycles. The number of benzene rings is 1. The van der Waals surface area contributed by atoms with Crippen LogP contribution in [0.4, 0.5) is 0 Å². The molecular weight excluding hydrogens is 264 g/mol. The number of para-hydroxylation sites is 1. The molecule has 1 aromatic carbocycles. The number of thiocarbonyl (C=S) groups is 1. The Hall–Kier alpha value is -1.72. The van der Waals surface area contributed by atoms with Crippen molar-refractivity contribution in [2.24, 2.45) is 0 Å². The third-order valence-corrected chi connectivity index (χ3v) is 3.77. The van der Waals surface area contributed by atoms with Crippen LogP contribution in [0.2, 0.25) is 0 Å². The van der Waals surface area contributed by atoms with E-state index in [0.29, 0.717) is 9.23 Å². The van der Waals surface area contributed by atoms with Gasteiger partial charge >= 0.3 is 0 Å². The first-order valence-electron chi connectivity index (χ1n) is 5.33. The van der Waals surface area contributed by atoms with Crippen molar-refractivity contribution in [1.29, 1.82) is 0 Å². The second kappa shape index (κ2) is 4.51. The van der Waals surface area contributed by atoms with Crippen molar-refractivity contribution in [3.63, 3.8) is 0 Å². The number of fused-ring (bicyclic) bond motifs is 1. The summed E-state index contributed by atoms with van der Waals surface area (Å²) in [7, 11) is 0. The van der Waals surface area contributed by atoms with Crippen molar-refractivity contribution in [2.75, 3.05) is 0 Å². The van der Waals surface area contributed by atoms with E-state index in [0.717, 1.165) is 16.5 Å². The van der Waals surface area contributed by atoms with Crippen LogP contribution in [-0.4, -0.2) is 15.2 Å². The largest absolute Gasteiger partial charge is 0.307 e. The summed E-state index contributed by atoms with van der Waals surface area (Å²) in [5.41, 5.74) is 1.89. The normalized spacial score (nSPS) is 17.4. The number of amides is 1. The van der Waals surface area contributed by atoms with Crippen molar-refractivity contribution >= 4 is 51.2 Å². The van der Waals surface area contributed by atoms with Crippen molar-refractivity contribution in [2.45, 2.75) is 0 Å². The van der Waals surface area contributed by atoms with Gasteiger partial charge in [-0.15, -0.1) is 0 Å². The van der Waals surface area contributed by atoms with E-state index in [1.807, 2.05) is 36.4 Å². The summed E-state index contributed by atoms with van der Waals surface area (Å²) in [4.78, 5) is 16.5. The van der Waals surface area contributed by atoms with Crippen molar-refractivity contribution in [1.82, 2.24) is 10.3 Å². The fourth-order valence-corrected chi connectivity index (χ4v) is 2.84. The first kappa shape index (κ1) is 11.4. The maximum Gasteiger partial charge on any atom is 0.263 e. The van der Waals surface area contributed by atoms with E-state index >= 15 is 0 Å². The molecule has 1 fully saturated rings. The van der Waals surface area contributed by atoms with E-state index in [-0.39, 0.29) is 5.91 Å². The first-order chi connectivity index (χ1) is 8.74. The zero-order chi connectivity index (χ0) is 12.5. The number of hydrogen-bond donors (Lipinski definition) is 1. The number of nitrogens with zero attached hydrogens (tertiary/aromatic N) is 1. The van der Waals surface area contributed by atoms with E-state index in [9.17, 15) is 4.79 Å². The molecule has 3 rings (SSSR count). The molecule has 88 valence electrons. The summed E-state index contributed by atoms with van der Waals surface area (Å²) < 4.78 is 0.504. The Morgan fingerprint density at radius 1 is 1.28 bits per heavy atom. The maximum atomic E-state index is 11.6. The molecule has 1 N–H and O–H groups in total. The molecule has 0 radical (unpaired) electrons. The highest BCUT2D eigenvalue weighted by Crippen LogP contribution is 2.27. The van der Waals surface area contributed by atoms with Gasteiger partial charge in [-0.2, -0.15) is 0 Å². The number of pyridine rings is 1. The van der Waals surface area contributed by atoms with Crippen LogP contribution >= 0.6 is 24.0 Å². The third-order valence-electron chi connectivity index (χ3n) is 2.61. The Morgan fingerprint density at radius 2 is 2.11 bits per heavy atom. The van der Waals surface area contributed by atoms with Crippen molar-refractivity contribution in [3.05, 3.63) is 47.0 Å². The summed E-state index contributed by atoms with van der Waals surface area (Å²) in [6, 6.07) is 9.73. The molecule has 2 aromatic rings. The fraction of sp³-hybridized carbons (Fsp3) is 0. The quantitative estimate of drug-likeness (QED) is 0.640. The van der Waals surface area contributed by atoms with Crippen LogP contribution in [0.5, 0.6) is 0 Å². The van der Waals surface area contributed by atoms with Crippen LogP contribution in [0.25, 0.3) is 17.0 Å². The zero-order valence-corrected chi connectivity index (χ0v) is 10.8. The van der Waals surface area contributed by atoms with Gasteiger partial charge in [0.25, 0.3) is 5.91 Å². The topological polar surface area (TPSA) is 42.0 Å². The Kier molecular flexibility index (Phi) is 2.85. The smallest absolute Gasteiger partial charge is 0.263 e. The Labute approximate surface area is 113 Å². The molecular formula is C13H8N2OS2. The summed E-state index contributed by atoms with van der Waals surface area (Å²) >= 11 is 6.25. The number of rotatable bonds is 1. The van der Waals surface area contributed by atoms with E-state index in [1.165, 1.54) is 11.8 Å². The lowest BCUT2D eigenvalue weighted by molar-refractivity contribution is -0.115. The average Bonchev–Trinajstić information content (AvgIpc) is 2.68. The number of aromatic nitrogens is 1. The van der Waals surface area contributed by atoms with E-state index in [4.69, 9.17) is 12.2 Å². The highest BCUT2D eigenvalue weighted by molar-refractivity contribution is 8.26. The predicted molar refractivity (Wildman–Crippen MR) is 78.1 cm³/mol. The second-order valence-corrected chi connectivity index (χ2v) is 5.49. The van der Waals surface area contributed by atoms with Gasteiger partial charge in [-0.25, -0.2) is 0 Å². The lowest BCUT2D eigenvalue weighted by atomic mass is 10.1. The molecule has 1 aliphatic heterocycles. The third kappa shape index (κ3) is 2.02. The van der Waals surface area contributed by atoms with Crippen LogP contribution in [0, 0.1) is 0 Å². The summed E-state index contributed by atoms with van der Waals surface area (Å²) in [6.45, 7) is 0. The van der Waals surface area contributed by atoms with E-state index < -0.39 is 0 Å². The fourth-order valence-electron chi connectivity index (χ4n) is 1.81. The van der Waals surface area contributed by atoms with E-state index in [1.54, 1.807) is 6.20 Å². The monoisotopic (exact) mass is 272 g/mol. The lowest BCUT2D eigenvalue weighted by Gasteiger charge is -2.01. The van der Waals surface area contributed by atoms with Crippen molar-refractivity contribution in [3.8, 4) is 0 Å². The van der Waals surface area contributed by atoms with Gasteiger partial charge in [-0.3, -0.25) is 9.78 Å². The summed E-state index contributed by atoms with van der Waals surface area (Å²) in [5, 5.41) is 3.63. The molecule has 3 nitrogen and oxygen atoms in total. The van der Waals surface area contributed by atoms with Crippen LogP contribution in [0.1, 0.15) is 5.56 Å². The van der Waals surface area contributed by atoms with Gasteiger partial charge in [0.15, 0.2) is 0 Å². The molecule has 0 atom stereocenters. The Bertz CT molecular complexity index is 689.